The first-order valence-electron chi connectivity index (χ1n) is 6.50. The van der Waals surface area contributed by atoms with Gasteiger partial charge in [-0.1, -0.05) is 24.4 Å². The van der Waals surface area contributed by atoms with Crippen molar-refractivity contribution in [2.45, 2.75) is 17.8 Å². The van der Waals surface area contributed by atoms with E-state index < -0.39 is 6.09 Å². The summed E-state index contributed by atoms with van der Waals surface area (Å²) in [7, 11) is 0. The summed E-state index contributed by atoms with van der Waals surface area (Å²) in [6, 6.07) is 3.99. The van der Waals surface area contributed by atoms with E-state index in [1.165, 1.54) is 27.7 Å². The molecule has 0 atom stereocenters. The maximum Gasteiger partial charge on any atom is 0.425 e. The first kappa shape index (κ1) is 14.8. The lowest BCUT2D eigenvalue weighted by atomic mass is 10.3. The van der Waals surface area contributed by atoms with Gasteiger partial charge in [0, 0.05) is 22.7 Å². The zero-order valence-corrected chi connectivity index (χ0v) is 13.5. The van der Waals surface area contributed by atoms with Gasteiger partial charge in [0.15, 0.2) is 5.16 Å². The summed E-state index contributed by atoms with van der Waals surface area (Å²) in [5, 5.41) is 4.37. The lowest BCUT2D eigenvalue weighted by Crippen LogP contribution is -2.11. The molecule has 0 unspecified atom stereocenters. The maximum absolute atomic E-state index is 12.1. The fraction of sp³-hybridized carbons (Fsp3) is 0.133. The number of thiophene rings is 1. The quantitative estimate of drug-likeness (QED) is 0.529. The summed E-state index contributed by atoms with van der Waals surface area (Å²) in [6.45, 7) is 5.41. The molecular formula is C15H13N3O2S2. The van der Waals surface area contributed by atoms with Crippen LogP contribution >= 0.6 is 23.1 Å². The highest BCUT2D eigenvalue weighted by molar-refractivity contribution is 7.98. The van der Waals surface area contributed by atoms with E-state index in [4.69, 9.17) is 4.74 Å². The lowest BCUT2D eigenvalue weighted by Gasteiger charge is -2.05. The van der Waals surface area contributed by atoms with E-state index in [1.54, 1.807) is 0 Å². The number of pyridine rings is 1. The number of fused-ring (bicyclic) bond motifs is 1. The van der Waals surface area contributed by atoms with Crippen LogP contribution in [0, 0.1) is 6.92 Å². The van der Waals surface area contributed by atoms with Crippen molar-refractivity contribution in [1.82, 2.24) is 14.5 Å². The molecule has 0 aliphatic heterocycles. The van der Waals surface area contributed by atoms with Crippen molar-refractivity contribution < 1.29 is 9.53 Å². The lowest BCUT2D eigenvalue weighted by molar-refractivity contribution is 0.186. The molecule has 0 N–H and O–H groups in total. The van der Waals surface area contributed by atoms with Crippen molar-refractivity contribution in [3.05, 3.63) is 53.2 Å². The number of nitrogens with zero attached hydrogens (tertiary/aromatic N) is 3. The third-order valence-electron chi connectivity index (χ3n) is 2.96. The average molecular weight is 331 g/mol. The normalized spacial score (nSPS) is 10.8. The van der Waals surface area contributed by atoms with E-state index in [1.807, 2.05) is 36.0 Å². The largest absolute Gasteiger partial charge is 0.425 e. The van der Waals surface area contributed by atoms with Crippen molar-refractivity contribution in [2.24, 2.45) is 0 Å². The molecule has 22 heavy (non-hydrogen) atoms. The SMILES string of the molecule is C=COC(=O)n1c(SCc2ccc(C)cn2)nc2cscc21. The van der Waals surface area contributed by atoms with Crippen LogP contribution in [0.15, 0.2) is 47.1 Å². The molecule has 7 heteroatoms. The Bertz CT molecular complexity index is 821. The molecule has 0 aromatic carbocycles. The number of ether oxygens (including phenoxy) is 1. The Hall–Kier alpha value is -2.12. The molecule has 112 valence electrons. The van der Waals surface area contributed by atoms with Gasteiger partial charge in [0.2, 0.25) is 0 Å². The highest BCUT2D eigenvalue weighted by atomic mass is 32.2. The Morgan fingerprint density at radius 1 is 1.50 bits per heavy atom. The summed E-state index contributed by atoms with van der Waals surface area (Å²) in [5.74, 6) is 0.630. The fourth-order valence-corrected chi connectivity index (χ4v) is 3.55. The first-order chi connectivity index (χ1) is 10.7. The molecule has 0 radical (unpaired) electrons. The molecule has 5 nitrogen and oxygen atoms in total. The third-order valence-corrected chi connectivity index (χ3v) is 4.65. The molecule has 3 aromatic rings. The third kappa shape index (κ3) is 2.90. The fourth-order valence-electron chi connectivity index (χ4n) is 1.91. The highest BCUT2D eigenvalue weighted by Crippen LogP contribution is 2.28. The zero-order valence-electron chi connectivity index (χ0n) is 11.9. The van der Waals surface area contributed by atoms with E-state index in [2.05, 4.69) is 16.5 Å². The minimum Gasteiger partial charge on any atom is -0.418 e. The van der Waals surface area contributed by atoms with Crippen molar-refractivity contribution in [3.8, 4) is 0 Å². The van der Waals surface area contributed by atoms with Gasteiger partial charge in [0.05, 0.1) is 17.5 Å². The Balaban J connectivity index is 1.87. The predicted octanol–water partition coefficient (Wildman–Crippen LogP) is 4.22. The summed E-state index contributed by atoms with van der Waals surface area (Å²) in [6.07, 6.45) is 2.44. The molecular weight excluding hydrogens is 318 g/mol. The second kappa shape index (κ2) is 6.33. The Labute approximate surface area is 135 Å². The van der Waals surface area contributed by atoms with Crippen LogP contribution in [-0.2, 0) is 10.5 Å². The van der Waals surface area contributed by atoms with Crippen molar-refractivity contribution in [1.29, 1.82) is 0 Å². The monoisotopic (exact) mass is 331 g/mol. The van der Waals surface area contributed by atoms with E-state index in [-0.39, 0.29) is 0 Å². The van der Waals surface area contributed by atoms with Gasteiger partial charge in [-0.25, -0.2) is 14.3 Å². The second-order valence-corrected chi connectivity index (χ2v) is 6.22. The molecule has 0 aliphatic rings. The number of thioether (sulfide) groups is 1. The van der Waals surface area contributed by atoms with Gasteiger partial charge >= 0.3 is 6.09 Å². The summed E-state index contributed by atoms with van der Waals surface area (Å²) < 4.78 is 6.36. The second-order valence-electron chi connectivity index (χ2n) is 4.54. The Morgan fingerprint density at radius 2 is 2.36 bits per heavy atom. The summed E-state index contributed by atoms with van der Waals surface area (Å²) >= 11 is 2.94. The molecule has 0 saturated heterocycles. The molecule has 0 amide bonds. The van der Waals surface area contributed by atoms with Gasteiger partial charge in [-0.05, 0) is 18.6 Å². The number of imidazole rings is 1. The smallest absolute Gasteiger partial charge is 0.418 e. The molecule has 3 aromatic heterocycles. The van der Waals surface area contributed by atoms with E-state index in [9.17, 15) is 4.79 Å². The summed E-state index contributed by atoms with van der Waals surface area (Å²) in [4.78, 5) is 20.9. The van der Waals surface area contributed by atoms with Crippen LogP contribution in [0.5, 0.6) is 0 Å². The van der Waals surface area contributed by atoms with E-state index >= 15 is 0 Å². The van der Waals surface area contributed by atoms with Crippen molar-refractivity contribution >= 4 is 40.2 Å². The molecule has 0 saturated carbocycles. The van der Waals surface area contributed by atoms with Crippen LogP contribution in [0.3, 0.4) is 0 Å². The van der Waals surface area contributed by atoms with Crippen LogP contribution in [-0.4, -0.2) is 20.6 Å². The van der Waals surface area contributed by atoms with Gasteiger partial charge in [0.25, 0.3) is 0 Å². The topological polar surface area (TPSA) is 57.0 Å². The van der Waals surface area contributed by atoms with Crippen LogP contribution < -0.4 is 0 Å². The van der Waals surface area contributed by atoms with E-state index in [0.29, 0.717) is 10.9 Å². The standard InChI is InChI=1S/C15H13N3O2S2/c1-3-20-15(19)18-13-9-21-8-12(13)17-14(18)22-7-11-5-4-10(2)6-16-11/h3-6,8-9H,1,7H2,2H3. The summed E-state index contributed by atoms with van der Waals surface area (Å²) in [5.41, 5.74) is 3.58. The van der Waals surface area contributed by atoms with E-state index in [0.717, 1.165) is 28.6 Å². The van der Waals surface area contributed by atoms with Gasteiger partial charge < -0.3 is 4.74 Å². The van der Waals surface area contributed by atoms with Crippen molar-refractivity contribution in [3.63, 3.8) is 0 Å². The van der Waals surface area contributed by atoms with Crippen LogP contribution in [0.1, 0.15) is 11.3 Å². The first-order valence-corrected chi connectivity index (χ1v) is 8.42. The molecule has 3 heterocycles. The molecule has 0 fully saturated rings. The van der Waals surface area contributed by atoms with Gasteiger partial charge in [-0.3, -0.25) is 4.98 Å². The van der Waals surface area contributed by atoms with Crippen molar-refractivity contribution in [2.75, 3.05) is 0 Å². The number of aryl methyl sites for hydroxylation is 1. The number of carbonyl (C=O) groups excluding carboxylic acids is 1. The zero-order chi connectivity index (χ0) is 15.5. The highest BCUT2D eigenvalue weighted by Gasteiger charge is 2.18. The number of rotatable bonds is 4. The Morgan fingerprint density at radius 3 is 3.09 bits per heavy atom. The number of carbonyl (C=O) groups is 1. The van der Waals surface area contributed by atoms with Crippen LogP contribution in [0.2, 0.25) is 0 Å². The Kier molecular flexibility index (Phi) is 4.26. The number of aromatic nitrogens is 3. The molecule has 0 bridgehead atoms. The number of hydrogen-bond acceptors (Lipinski definition) is 6. The maximum atomic E-state index is 12.1. The van der Waals surface area contributed by atoms with Crippen LogP contribution in [0.4, 0.5) is 4.79 Å². The minimum absolute atomic E-state index is 0.504. The average Bonchev–Trinajstić information content (AvgIpc) is 3.07. The molecule has 0 aliphatic carbocycles. The minimum atomic E-state index is -0.504. The van der Waals surface area contributed by atoms with Gasteiger partial charge in [-0.15, -0.1) is 11.3 Å². The molecule has 3 rings (SSSR count). The van der Waals surface area contributed by atoms with Crippen LogP contribution in [0.25, 0.3) is 11.0 Å². The van der Waals surface area contributed by atoms with Gasteiger partial charge in [0.1, 0.15) is 5.52 Å². The predicted molar refractivity (Wildman–Crippen MR) is 88.2 cm³/mol. The van der Waals surface area contributed by atoms with Gasteiger partial charge in [-0.2, -0.15) is 0 Å². The molecule has 0 spiro atoms. The number of hydrogen-bond donors (Lipinski definition) is 0.